The second-order valence-corrected chi connectivity index (χ2v) is 6.48. The van der Waals surface area contributed by atoms with Gasteiger partial charge in [-0.1, -0.05) is 36.4 Å². The molecule has 0 aromatic heterocycles. The van der Waals surface area contributed by atoms with Gasteiger partial charge in [-0.05, 0) is 60.8 Å². The molecule has 5 heteroatoms. The number of carbonyl (C=O) groups is 1. The molecule has 0 unspecified atom stereocenters. The standard InChI is InChI=1S/C17H11Br2NO2/c18-14-8-11(9-15(19)16(14)21)20-17(22)13-7-3-5-10-4-1-2-6-12(10)13/h1-9,21H,(H,20,22). The van der Waals surface area contributed by atoms with Crippen molar-refractivity contribution in [3.63, 3.8) is 0 Å². The number of hydrogen-bond acceptors (Lipinski definition) is 2. The third-order valence-corrected chi connectivity index (χ3v) is 4.52. The minimum atomic E-state index is -0.193. The van der Waals surface area contributed by atoms with Gasteiger partial charge in [0, 0.05) is 11.3 Å². The summed E-state index contributed by atoms with van der Waals surface area (Å²) in [5.41, 5.74) is 1.20. The van der Waals surface area contributed by atoms with Crippen LogP contribution in [0.5, 0.6) is 5.75 Å². The quantitative estimate of drug-likeness (QED) is 0.551. The molecule has 0 radical (unpaired) electrons. The molecule has 3 aromatic rings. The van der Waals surface area contributed by atoms with Crippen molar-refractivity contribution in [2.24, 2.45) is 0 Å². The third kappa shape index (κ3) is 2.87. The number of rotatable bonds is 2. The fourth-order valence-corrected chi connectivity index (χ4v) is 3.45. The van der Waals surface area contributed by atoms with Gasteiger partial charge in [0.2, 0.25) is 0 Å². The molecule has 0 fully saturated rings. The predicted octanol–water partition coefficient (Wildman–Crippen LogP) is 5.32. The van der Waals surface area contributed by atoms with Gasteiger partial charge in [-0.25, -0.2) is 0 Å². The zero-order valence-electron chi connectivity index (χ0n) is 11.3. The van der Waals surface area contributed by atoms with Crippen molar-refractivity contribution in [2.45, 2.75) is 0 Å². The average Bonchev–Trinajstić information content (AvgIpc) is 2.52. The minimum Gasteiger partial charge on any atom is -0.506 e. The Kier molecular flexibility index (Phi) is 4.18. The minimum absolute atomic E-state index is 0.100. The first-order valence-corrected chi connectivity index (χ1v) is 8.12. The lowest BCUT2D eigenvalue weighted by Crippen LogP contribution is -2.12. The van der Waals surface area contributed by atoms with Crippen molar-refractivity contribution in [3.8, 4) is 5.75 Å². The van der Waals surface area contributed by atoms with Gasteiger partial charge in [-0.2, -0.15) is 0 Å². The molecule has 0 saturated heterocycles. The molecule has 3 rings (SSSR count). The predicted molar refractivity (Wildman–Crippen MR) is 95.4 cm³/mol. The summed E-state index contributed by atoms with van der Waals surface area (Å²) in [5, 5.41) is 14.5. The average molecular weight is 421 g/mol. The van der Waals surface area contributed by atoms with E-state index in [1.54, 1.807) is 18.2 Å². The first-order chi connectivity index (χ1) is 10.6. The number of carbonyl (C=O) groups excluding carboxylic acids is 1. The highest BCUT2D eigenvalue weighted by Crippen LogP contribution is 2.35. The van der Waals surface area contributed by atoms with E-state index < -0.39 is 0 Å². The lowest BCUT2D eigenvalue weighted by Gasteiger charge is -2.10. The Labute approximate surface area is 144 Å². The fraction of sp³-hybridized carbons (Fsp3) is 0. The van der Waals surface area contributed by atoms with Crippen LogP contribution in [0.15, 0.2) is 63.5 Å². The molecule has 0 aliphatic rings. The van der Waals surface area contributed by atoms with Crippen molar-refractivity contribution in [1.29, 1.82) is 0 Å². The smallest absolute Gasteiger partial charge is 0.256 e. The highest BCUT2D eigenvalue weighted by molar-refractivity contribution is 9.11. The molecule has 110 valence electrons. The van der Waals surface area contributed by atoms with Crippen LogP contribution in [0.4, 0.5) is 5.69 Å². The van der Waals surface area contributed by atoms with Gasteiger partial charge in [0.05, 0.1) is 8.95 Å². The number of phenolic OH excluding ortho intramolecular Hbond substituents is 1. The van der Waals surface area contributed by atoms with Crippen LogP contribution in [0.1, 0.15) is 10.4 Å². The molecule has 0 aliphatic heterocycles. The van der Waals surface area contributed by atoms with Gasteiger partial charge < -0.3 is 10.4 Å². The van der Waals surface area contributed by atoms with Crippen LogP contribution < -0.4 is 5.32 Å². The maximum atomic E-state index is 12.5. The molecule has 0 bridgehead atoms. The summed E-state index contributed by atoms with van der Waals surface area (Å²) in [6, 6.07) is 16.7. The van der Waals surface area contributed by atoms with E-state index in [0.717, 1.165) is 10.8 Å². The molecule has 2 N–H and O–H groups in total. The van der Waals surface area contributed by atoms with E-state index in [0.29, 0.717) is 20.2 Å². The molecule has 0 atom stereocenters. The van der Waals surface area contributed by atoms with Crippen molar-refractivity contribution in [3.05, 3.63) is 69.1 Å². The molecule has 0 heterocycles. The van der Waals surface area contributed by atoms with Gasteiger partial charge >= 0.3 is 0 Å². The van der Waals surface area contributed by atoms with E-state index in [1.807, 2.05) is 36.4 Å². The molecular weight excluding hydrogens is 410 g/mol. The van der Waals surface area contributed by atoms with E-state index in [1.165, 1.54) is 0 Å². The molecule has 0 spiro atoms. The second-order valence-electron chi connectivity index (χ2n) is 4.77. The topological polar surface area (TPSA) is 49.3 Å². The third-order valence-electron chi connectivity index (χ3n) is 3.31. The number of fused-ring (bicyclic) bond motifs is 1. The summed E-state index contributed by atoms with van der Waals surface area (Å²) in [4.78, 5) is 12.5. The normalized spacial score (nSPS) is 10.6. The first kappa shape index (κ1) is 15.1. The molecule has 3 nitrogen and oxygen atoms in total. The Hall–Kier alpha value is -1.85. The summed E-state index contributed by atoms with van der Waals surface area (Å²) in [6.45, 7) is 0. The van der Waals surface area contributed by atoms with Crippen LogP contribution in [-0.2, 0) is 0 Å². The van der Waals surface area contributed by atoms with E-state index in [4.69, 9.17) is 0 Å². The van der Waals surface area contributed by atoms with E-state index in [-0.39, 0.29) is 11.7 Å². The van der Waals surface area contributed by atoms with E-state index in [2.05, 4.69) is 37.2 Å². The highest BCUT2D eigenvalue weighted by atomic mass is 79.9. The SMILES string of the molecule is O=C(Nc1cc(Br)c(O)c(Br)c1)c1cccc2ccccc12. The van der Waals surface area contributed by atoms with Crippen molar-refractivity contribution < 1.29 is 9.90 Å². The van der Waals surface area contributed by atoms with Crippen LogP contribution in [0.2, 0.25) is 0 Å². The van der Waals surface area contributed by atoms with Gasteiger partial charge in [0.25, 0.3) is 5.91 Å². The van der Waals surface area contributed by atoms with Gasteiger partial charge in [-0.15, -0.1) is 0 Å². The monoisotopic (exact) mass is 419 g/mol. The van der Waals surface area contributed by atoms with Crippen LogP contribution in [-0.4, -0.2) is 11.0 Å². The van der Waals surface area contributed by atoms with Crippen LogP contribution in [0.25, 0.3) is 10.8 Å². The number of benzene rings is 3. The van der Waals surface area contributed by atoms with E-state index >= 15 is 0 Å². The molecule has 22 heavy (non-hydrogen) atoms. The Bertz CT molecular complexity index is 849. The van der Waals surface area contributed by atoms with Crippen LogP contribution in [0, 0.1) is 0 Å². The Morgan fingerprint density at radius 1 is 0.955 bits per heavy atom. The highest BCUT2D eigenvalue weighted by Gasteiger charge is 2.12. The van der Waals surface area contributed by atoms with Crippen molar-refractivity contribution >= 4 is 54.2 Å². The maximum absolute atomic E-state index is 12.5. The summed E-state index contributed by atoms with van der Waals surface area (Å²) >= 11 is 6.50. The van der Waals surface area contributed by atoms with Gasteiger partial charge in [-0.3, -0.25) is 4.79 Å². The Balaban J connectivity index is 1.97. The lowest BCUT2D eigenvalue weighted by atomic mass is 10.0. The molecular formula is C17H11Br2NO2. The summed E-state index contributed by atoms with van der Waals surface area (Å²) in [5.74, 6) is -0.0931. The number of nitrogens with one attached hydrogen (secondary N) is 1. The number of anilines is 1. The van der Waals surface area contributed by atoms with Gasteiger partial charge in [0.1, 0.15) is 5.75 Å². The van der Waals surface area contributed by atoms with Crippen LogP contribution in [0.3, 0.4) is 0 Å². The zero-order chi connectivity index (χ0) is 15.7. The first-order valence-electron chi connectivity index (χ1n) is 6.53. The summed E-state index contributed by atoms with van der Waals surface area (Å²) < 4.78 is 1.02. The lowest BCUT2D eigenvalue weighted by molar-refractivity contribution is 0.102. The summed E-state index contributed by atoms with van der Waals surface area (Å²) in [6.07, 6.45) is 0. The largest absolute Gasteiger partial charge is 0.506 e. The van der Waals surface area contributed by atoms with Crippen molar-refractivity contribution in [1.82, 2.24) is 0 Å². The van der Waals surface area contributed by atoms with E-state index in [9.17, 15) is 9.90 Å². The zero-order valence-corrected chi connectivity index (χ0v) is 14.5. The second kappa shape index (κ2) is 6.10. The number of hydrogen-bond donors (Lipinski definition) is 2. The number of phenols is 1. The maximum Gasteiger partial charge on any atom is 0.256 e. The molecule has 1 amide bonds. The fourth-order valence-electron chi connectivity index (χ4n) is 2.26. The van der Waals surface area contributed by atoms with Crippen molar-refractivity contribution in [2.75, 3.05) is 5.32 Å². The Morgan fingerprint density at radius 2 is 1.59 bits per heavy atom. The number of amides is 1. The Morgan fingerprint density at radius 3 is 2.32 bits per heavy atom. The number of halogens is 2. The molecule has 0 aliphatic carbocycles. The molecule has 0 saturated carbocycles. The molecule has 3 aromatic carbocycles. The number of aromatic hydroxyl groups is 1. The van der Waals surface area contributed by atoms with Crippen LogP contribution >= 0.6 is 31.9 Å². The van der Waals surface area contributed by atoms with Gasteiger partial charge in [0.15, 0.2) is 0 Å². The summed E-state index contributed by atoms with van der Waals surface area (Å²) in [7, 11) is 0.